The minimum absolute atomic E-state index is 0.187. The van der Waals surface area contributed by atoms with Gasteiger partial charge in [0.25, 0.3) is 17.8 Å². The highest BCUT2D eigenvalue weighted by atomic mass is 16.7. The lowest BCUT2D eigenvalue weighted by Crippen LogP contribution is -2.32. The van der Waals surface area contributed by atoms with E-state index in [2.05, 4.69) is 4.98 Å². The Labute approximate surface area is 124 Å². The Morgan fingerprint density at radius 2 is 1.77 bits per heavy atom. The standard InChI is InChI=1S/C14H11N3O5/c1-16(2)14-15-7-10(21-14)13(20)22-17-11(18)8-5-3-4-6-9(8)12(17)19/h3-7H,1-2H3. The topological polar surface area (TPSA) is 93.0 Å². The van der Waals surface area contributed by atoms with Gasteiger partial charge >= 0.3 is 5.97 Å². The first-order valence-corrected chi connectivity index (χ1v) is 6.32. The molecule has 2 aromatic rings. The Balaban J connectivity index is 1.80. The molecule has 3 rings (SSSR count). The van der Waals surface area contributed by atoms with Gasteiger partial charge in [0.1, 0.15) is 0 Å². The number of oxazole rings is 1. The molecule has 0 unspecified atom stereocenters. The number of hydrogen-bond acceptors (Lipinski definition) is 7. The zero-order valence-corrected chi connectivity index (χ0v) is 11.8. The second-order valence-electron chi connectivity index (χ2n) is 4.73. The number of imide groups is 1. The molecule has 22 heavy (non-hydrogen) atoms. The summed E-state index contributed by atoms with van der Waals surface area (Å²) in [6, 6.07) is 6.42. The molecule has 0 saturated heterocycles. The third-order valence-corrected chi connectivity index (χ3v) is 3.01. The van der Waals surface area contributed by atoms with Crippen LogP contribution < -0.4 is 4.90 Å². The number of hydroxylamine groups is 2. The number of fused-ring (bicyclic) bond motifs is 1. The third-order valence-electron chi connectivity index (χ3n) is 3.01. The van der Waals surface area contributed by atoms with Crippen molar-refractivity contribution < 1.29 is 23.6 Å². The van der Waals surface area contributed by atoms with E-state index in [4.69, 9.17) is 9.25 Å². The fourth-order valence-corrected chi connectivity index (χ4v) is 1.94. The molecule has 1 aliphatic rings. The number of amides is 2. The van der Waals surface area contributed by atoms with Crippen LogP contribution in [-0.2, 0) is 4.84 Å². The molecule has 0 N–H and O–H groups in total. The van der Waals surface area contributed by atoms with Crippen molar-refractivity contribution in [2.24, 2.45) is 0 Å². The SMILES string of the molecule is CN(C)c1ncc(C(=O)ON2C(=O)c3ccccc3C2=O)o1. The molecule has 0 bridgehead atoms. The second kappa shape index (κ2) is 4.99. The zero-order valence-electron chi connectivity index (χ0n) is 11.8. The van der Waals surface area contributed by atoms with Crippen molar-refractivity contribution in [1.29, 1.82) is 0 Å². The molecule has 0 spiro atoms. The van der Waals surface area contributed by atoms with Gasteiger partial charge in [0, 0.05) is 14.1 Å². The maximum Gasteiger partial charge on any atom is 0.400 e. The molecular weight excluding hydrogens is 290 g/mol. The molecule has 2 amide bonds. The van der Waals surface area contributed by atoms with E-state index < -0.39 is 17.8 Å². The number of anilines is 1. The summed E-state index contributed by atoms with van der Waals surface area (Å²) >= 11 is 0. The highest BCUT2D eigenvalue weighted by Gasteiger charge is 2.39. The van der Waals surface area contributed by atoms with Crippen molar-refractivity contribution in [2.45, 2.75) is 0 Å². The van der Waals surface area contributed by atoms with Crippen LogP contribution >= 0.6 is 0 Å². The number of carbonyl (C=O) groups is 3. The molecule has 0 atom stereocenters. The van der Waals surface area contributed by atoms with E-state index in [1.165, 1.54) is 12.1 Å². The van der Waals surface area contributed by atoms with Crippen LogP contribution in [0.15, 0.2) is 34.9 Å². The van der Waals surface area contributed by atoms with Crippen molar-refractivity contribution in [3.05, 3.63) is 47.3 Å². The highest BCUT2D eigenvalue weighted by Crippen LogP contribution is 2.23. The predicted molar refractivity (Wildman–Crippen MR) is 73.2 cm³/mol. The predicted octanol–water partition coefficient (Wildman–Crippen LogP) is 1.11. The van der Waals surface area contributed by atoms with Crippen molar-refractivity contribution in [3.63, 3.8) is 0 Å². The summed E-state index contributed by atoms with van der Waals surface area (Å²) in [7, 11) is 3.37. The van der Waals surface area contributed by atoms with Crippen LogP contribution in [0.1, 0.15) is 31.3 Å². The van der Waals surface area contributed by atoms with Gasteiger partial charge in [-0.1, -0.05) is 17.2 Å². The van der Waals surface area contributed by atoms with Crippen LogP contribution in [0.4, 0.5) is 6.01 Å². The molecule has 0 radical (unpaired) electrons. The molecular formula is C14H11N3O5. The van der Waals surface area contributed by atoms with Gasteiger partial charge < -0.3 is 14.2 Å². The second-order valence-corrected chi connectivity index (χ2v) is 4.73. The molecule has 2 heterocycles. The van der Waals surface area contributed by atoms with Gasteiger partial charge in [-0.3, -0.25) is 9.59 Å². The summed E-state index contributed by atoms with van der Waals surface area (Å²) in [5.41, 5.74) is 0.374. The maximum atomic E-state index is 12.1. The van der Waals surface area contributed by atoms with Crippen LogP contribution in [0.2, 0.25) is 0 Å². The lowest BCUT2D eigenvalue weighted by Gasteiger charge is -2.11. The van der Waals surface area contributed by atoms with E-state index in [1.54, 1.807) is 31.1 Å². The average molecular weight is 301 g/mol. The first-order chi connectivity index (χ1) is 10.5. The smallest absolute Gasteiger partial charge is 0.400 e. The number of benzene rings is 1. The molecule has 8 heteroatoms. The van der Waals surface area contributed by atoms with Crippen molar-refractivity contribution in [1.82, 2.24) is 10.0 Å². The molecule has 0 aliphatic carbocycles. The fraction of sp³-hybridized carbons (Fsp3) is 0.143. The Morgan fingerprint density at radius 1 is 1.18 bits per heavy atom. The van der Waals surface area contributed by atoms with Crippen molar-refractivity contribution in [2.75, 3.05) is 19.0 Å². The Bertz CT molecular complexity index is 745. The minimum atomic E-state index is -0.977. The molecule has 0 fully saturated rings. The summed E-state index contributed by atoms with van der Waals surface area (Å²) < 4.78 is 5.16. The minimum Gasteiger partial charge on any atom is -0.416 e. The fourth-order valence-electron chi connectivity index (χ4n) is 1.94. The summed E-state index contributed by atoms with van der Waals surface area (Å²) in [6.07, 6.45) is 1.16. The Morgan fingerprint density at radius 3 is 2.27 bits per heavy atom. The van der Waals surface area contributed by atoms with Gasteiger partial charge in [-0.05, 0) is 12.1 Å². The Kier molecular flexibility index (Phi) is 3.13. The summed E-state index contributed by atoms with van der Waals surface area (Å²) in [6.45, 7) is 0. The highest BCUT2D eigenvalue weighted by molar-refractivity contribution is 6.21. The normalized spacial score (nSPS) is 13.3. The van der Waals surface area contributed by atoms with Gasteiger partial charge in [-0.15, -0.1) is 0 Å². The number of aromatic nitrogens is 1. The number of hydrogen-bond donors (Lipinski definition) is 0. The average Bonchev–Trinajstić information content (AvgIpc) is 3.08. The molecule has 1 aliphatic heterocycles. The van der Waals surface area contributed by atoms with E-state index in [1.807, 2.05) is 0 Å². The van der Waals surface area contributed by atoms with Crippen LogP contribution in [0.25, 0.3) is 0 Å². The van der Waals surface area contributed by atoms with Crippen LogP contribution in [0.3, 0.4) is 0 Å². The summed E-state index contributed by atoms with van der Waals surface area (Å²) in [5.74, 6) is -2.57. The number of nitrogens with zero attached hydrogens (tertiary/aromatic N) is 3. The third kappa shape index (κ3) is 2.10. The molecule has 112 valence electrons. The zero-order chi connectivity index (χ0) is 15.9. The van der Waals surface area contributed by atoms with Crippen molar-refractivity contribution in [3.8, 4) is 0 Å². The van der Waals surface area contributed by atoms with E-state index in [-0.39, 0.29) is 22.9 Å². The van der Waals surface area contributed by atoms with Crippen LogP contribution in [0, 0.1) is 0 Å². The lowest BCUT2D eigenvalue weighted by atomic mass is 10.1. The first kappa shape index (κ1) is 13.8. The Hall–Kier alpha value is -3.16. The lowest BCUT2D eigenvalue weighted by molar-refractivity contribution is -0.0602. The van der Waals surface area contributed by atoms with E-state index >= 15 is 0 Å². The molecule has 0 saturated carbocycles. The van der Waals surface area contributed by atoms with Gasteiger partial charge in [0.15, 0.2) is 0 Å². The van der Waals surface area contributed by atoms with Gasteiger partial charge in [-0.25, -0.2) is 9.78 Å². The molecule has 8 nitrogen and oxygen atoms in total. The van der Waals surface area contributed by atoms with Gasteiger partial charge in [0.05, 0.1) is 17.3 Å². The maximum absolute atomic E-state index is 12.1. The first-order valence-electron chi connectivity index (χ1n) is 6.32. The van der Waals surface area contributed by atoms with Crippen LogP contribution in [0.5, 0.6) is 0 Å². The van der Waals surface area contributed by atoms with E-state index in [9.17, 15) is 14.4 Å². The summed E-state index contributed by atoms with van der Waals surface area (Å²) in [5, 5.41) is 0.421. The summed E-state index contributed by atoms with van der Waals surface area (Å²) in [4.78, 5) is 46.3. The van der Waals surface area contributed by atoms with Gasteiger partial charge in [-0.2, -0.15) is 0 Å². The molecule has 1 aromatic carbocycles. The number of carbonyl (C=O) groups excluding carboxylic acids is 3. The van der Waals surface area contributed by atoms with Crippen molar-refractivity contribution >= 4 is 23.8 Å². The monoisotopic (exact) mass is 301 g/mol. The van der Waals surface area contributed by atoms with Crippen LogP contribution in [-0.4, -0.2) is 41.9 Å². The van der Waals surface area contributed by atoms with E-state index in [0.29, 0.717) is 5.06 Å². The molecule has 1 aromatic heterocycles. The number of rotatable bonds is 3. The van der Waals surface area contributed by atoms with Gasteiger partial charge in [0.2, 0.25) is 5.76 Å². The quantitative estimate of drug-likeness (QED) is 0.784. The van der Waals surface area contributed by atoms with E-state index in [0.717, 1.165) is 6.20 Å². The largest absolute Gasteiger partial charge is 0.416 e.